The molecule has 7 heteroatoms. The second-order valence-electron chi connectivity index (χ2n) is 4.50. The summed E-state index contributed by atoms with van der Waals surface area (Å²) in [5, 5.41) is 19.4. The predicted molar refractivity (Wildman–Crippen MR) is 91.2 cm³/mol. The molecule has 1 aromatic heterocycles. The van der Waals surface area contributed by atoms with Crippen molar-refractivity contribution in [3.63, 3.8) is 0 Å². The van der Waals surface area contributed by atoms with E-state index in [4.69, 9.17) is 0 Å². The third-order valence-electron chi connectivity index (χ3n) is 2.85. The Bertz CT molecular complexity index is 630. The largest absolute Gasteiger partial charge is 0.385 e. The molecule has 112 valence electrons. The summed E-state index contributed by atoms with van der Waals surface area (Å²) in [5.41, 5.74) is 1.59. The van der Waals surface area contributed by atoms with Crippen molar-refractivity contribution >= 4 is 44.3 Å². The lowest BCUT2D eigenvalue weighted by Gasteiger charge is -2.10. The van der Waals surface area contributed by atoms with Gasteiger partial charge in [-0.25, -0.2) is 0 Å². The van der Waals surface area contributed by atoms with E-state index in [2.05, 4.69) is 33.5 Å². The van der Waals surface area contributed by atoms with Crippen LogP contribution < -0.4 is 10.6 Å². The number of rotatable bonds is 7. The number of thiophene rings is 1. The highest BCUT2D eigenvalue weighted by Crippen LogP contribution is 2.27. The summed E-state index contributed by atoms with van der Waals surface area (Å²) < 4.78 is 1.05. The summed E-state index contributed by atoms with van der Waals surface area (Å²) in [6, 6.07) is 6.99. The maximum absolute atomic E-state index is 11.0. The fraction of sp³-hybridized carbons (Fsp3) is 0.286. The van der Waals surface area contributed by atoms with Crippen LogP contribution in [0.25, 0.3) is 0 Å². The van der Waals surface area contributed by atoms with Crippen LogP contribution in [-0.4, -0.2) is 11.5 Å². The molecule has 0 aliphatic rings. The number of anilines is 2. The Kier molecular flexibility index (Phi) is 5.58. The van der Waals surface area contributed by atoms with Gasteiger partial charge in [-0.1, -0.05) is 6.92 Å². The molecule has 0 amide bonds. The first-order valence-corrected chi connectivity index (χ1v) is 8.26. The molecular weight excluding hydrogens is 354 g/mol. The monoisotopic (exact) mass is 369 g/mol. The van der Waals surface area contributed by atoms with Gasteiger partial charge in [0.2, 0.25) is 0 Å². The van der Waals surface area contributed by atoms with Crippen molar-refractivity contribution in [1.29, 1.82) is 0 Å². The normalized spacial score (nSPS) is 10.4. The smallest absolute Gasteiger partial charge is 0.273 e. The average Bonchev–Trinajstić information content (AvgIpc) is 2.88. The first-order chi connectivity index (χ1) is 10.1. The minimum absolute atomic E-state index is 0.0869. The van der Waals surface area contributed by atoms with Gasteiger partial charge in [0, 0.05) is 39.4 Å². The van der Waals surface area contributed by atoms with E-state index in [0.29, 0.717) is 6.54 Å². The Hall–Kier alpha value is -1.60. The Morgan fingerprint density at radius 3 is 2.57 bits per heavy atom. The number of non-ortho nitro benzene ring substituents is 1. The summed E-state index contributed by atoms with van der Waals surface area (Å²) in [7, 11) is 0. The number of nitrogens with one attached hydrogen (secondary N) is 2. The zero-order valence-corrected chi connectivity index (χ0v) is 14.0. The highest BCUT2D eigenvalue weighted by atomic mass is 79.9. The molecule has 1 aromatic carbocycles. The van der Waals surface area contributed by atoms with Crippen LogP contribution in [0.5, 0.6) is 0 Å². The van der Waals surface area contributed by atoms with Gasteiger partial charge in [-0.15, -0.1) is 11.3 Å². The van der Waals surface area contributed by atoms with Crippen LogP contribution in [0.3, 0.4) is 0 Å². The Morgan fingerprint density at radius 2 is 2.00 bits per heavy atom. The van der Waals surface area contributed by atoms with Gasteiger partial charge in [-0.3, -0.25) is 10.1 Å². The van der Waals surface area contributed by atoms with Gasteiger partial charge in [0.1, 0.15) is 0 Å². The van der Waals surface area contributed by atoms with E-state index >= 15 is 0 Å². The zero-order chi connectivity index (χ0) is 15.2. The number of nitrogens with zero attached hydrogens (tertiary/aromatic N) is 1. The number of nitro benzene ring substituents is 1. The molecule has 1 heterocycles. The van der Waals surface area contributed by atoms with Gasteiger partial charge in [0.25, 0.3) is 5.69 Å². The van der Waals surface area contributed by atoms with E-state index in [-0.39, 0.29) is 10.6 Å². The van der Waals surface area contributed by atoms with Crippen molar-refractivity contribution in [2.45, 2.75) is 19.9 Å². The van der Waals surface area contributed by atoms with E-state index in [9.17, 15) is 10.1 Å². The van der Waals surface area contributed by atoms with Gasteiger partial charge < -0.3 is 10.6 Å². The van der Waals surface area contributed by atoms with Gasteiger partial charge in [0.15, 0.2) is 0 Å². The molecule has 2 N–H and O–H groups in total. The Morgan fingerprint density at radius 1 is 1.29 bits per heavy atom. The highest BCUT2D eigenvalue weighted by molar-refractivity contribution is 9.10. The molecule has 0 aliphatic carbocycles. The maximum atomic E-state index is 11.0. The third-order valence-corrected chi connectivity index (χ3v) is 4.78. The van der Waals surface area contributed by atoms with Crippen LogP contribution >= 0.6 is 27.3 Å². The summed E-state index contributed by atoms with van der Waals surface area (Å²) >= 11 is 5.11. The van der Waals surface area contributed by atoms with Crippen LogP contribution in [0.2, 0.25) is 0 Å². The molecule has 0 spiro atoms. The first-order valence-electron chi connectivity index (χ1n) is 6.59. The lowest BCUT2D eigenvalue weighted by Crippen LogP contribution is -2.03. The molecule has 2 rings (SSSR count). The van der Waals surface area contributed by atoms with Crippen LogP contribution in [-0.2, 0) is 6.54 Å². The van der Waals surface area contributed by atoms with Crippen molar-refractivity contribution in [3.8, 4) is 0 Å². The van der Waals surface area contributed by atoms with Gasteiger partial charge >= 0.3 is 0 Å². The highest BCUT2D eigenvalue weighted by Gasteiger charge is 2.10. The van der Waals surface area contributed by atoms with Crippen molar-refractivity contribution in [2.24, 2.45) is 0 Å². The van der Waals surface area contributed by atoms with Gasteiger partial charge in [-0.05, 0) is 39.9 Å². The van der Waals surface area contributed by atoms with Crippen molar-refractivity contribution in [1.82, 2.24) is 0 Å². The van der Waals surface area contributed by atoms with Crippen LogP contribution in [0.1, 0.15) is 18.2 Å². The topological polar surface area (TPSA) is 67.2 Å². The minimum Gasteiger partial charge on any atom is -0.385 e. The SMILES string of the molecule is CCCNc1cc(NCc2sccc2Br)cc([N+](=O)[O-])c1. The number of halogens is 1. The van der Waals surface area contributed by atoms with Crippen molar-refractivity contribution < 1.29 is 4.92 Å². The van der Waals surface area contributed by atoms with Crippen molar-refractivity contribution in [2.75, 3.05) is 17.2 Å². The average molecular weight is 370 g/mol. The number of nitro groups is 1. The van der Waals surface area contributed by atoms with Gasteiger partial charge in [-0.2, -0.15) is 0 Å². The second-order valence-corrected chi connectivity index (χ2v) is 6.35. The number of benzene rings is 1. The van der Waals surface area contributed by atoms with Crippen LogP contribution in [0, 0.1) is 10.1 Å². The zero-order valence-electron chi connectivity index (χ0n) is 11.6. The standard InChI is InChI=1S/C14H16BrN3O2S/c1-2-4-16-10-6-11(8-12(7-10)18(19)20)17-9-14-13(15)3-5-21-14/h3,5-8,16-17H,2,4,9H2,1H3. The quantitative estimate of drug-likeness (QED) is 0.540. The number of hydrogen-bond donors (Lipinski definition) is 2. The van der Waals surface area contributed by atoms with Crippen molar-refractivity contribution in [3.05, 3.63) is 49.1 Å². The lowest BCUT2D eigenvalue weighted by atomic mass is 10.2. The fourth-order valence-corrected chi connectivity index (χ4v) is 3.26. The molecule has 0 radical (unpaired) electrons. The van der Waals surface area contributed by atoms with Crippen LogP contribution in [0.4, 0.5) is 17.1 Å². The van der Waals surface area contributed by atoms with Crippen LogP contribution in [0.15, 0.2) is 34.1 Å². The fourth-order valence-electron chi connectivity index (χ4n) is 1.82. The third kappa shape index (κ3) is 4.44. The Labute approximate surface area is 135 Å². The molecule has 0 saturated carbocycles. The molecule has 0 fully saturated rings. The van der Waals surface area contributed by atoms with E-state index in [1.54, 1.807) is 23.5 Å². The summed E-state index contributed by atoms with van der Waals surface area (Å²) in [6.45, 7) is 3.47. The van der Waals surface area contributed by atoms with E-state index in [0.717, 1.165) is 33.7 Å². The van der Waals surface area contributed by atoms with E-state index in [1.807, 2.05) is 17.5 Å². The molecule has 0 aliphatic heterocycles. The molecule has 0 bridgehead atoms. The second kappa shape index (κ2) is 7.42. The summed E-state index contributed by atoms with van der Waals surface area (Å²) in [6.07, 6.45) is 0.966. The molecule has 0 saturated heterocycles. The van der Waals surface area contributed by atoms with E-state index < -0.39 is 0 Å². The molecular formula is C14H16BrN3O2S. The predicted octanol–water partition coefficient (Wildman–Crippen LogP) is 4.85. The number of hydrogen-bond acceptors (Lipinski definition) is 5. The summed E-state index contributed by atoms with van der Waals surface area (Å²) in [4.78, 5) is 11.8. The minimum atomic E-state index is -0.372. The molecule has 0 atom stereocenters. The van der Waals surface area contributed by atoms with E-state index in [1.165, 1.54) is 0 Å². The molecule has 2 aromatic rings. The molecule has 5 nitrogen and oxygen atoms in total. The molecule has 21 heavy (non-hydrogen) atoms. The maximum Gasteiger partial charge on any atom is 0.273 e. The lowest BCUT2D eigenvalue weighted by molar-refractivity contribution is -0.384. The summed E-state index contributed by atoms with van der Waals surface area (Å²) in [5.74, 6) is 0. The Balaban J connectivity index is 2.15. The van der Waals surface area contributed by atoms with Gasteiger partial charge in [0.05, 0.1) is 11.5 Å². The first kappa shape index (κ1) is 15.8. The molecule has 0 unspecified atom stereocenters.